The van der Waals surface area contributed by atoms with Gasteiger partial charge in [0.15, 0.2) is 0 Å². The van der Waals surface area contributed by atoms with Crippen LogP contribution in [0, 0.1) is 11.7 Å². The molecule has 0 aliphatic heterocycles. The minimum absolute atomic E-state index is 0.0647. The molecule has 3 unspecified atom stereocenters. The maximum atomic E-state index is 13.1. The quantitative estimate of drug-likeness (QED) is 0.637. The number of benzene rings is 1. The zero-order valence-corrected chi connectivity index (χ0v) is 14.4. The third kappa shape index (κ3) is 6.57. The van der Waals surface area contributed by atoms with Gasteiger partial charge >= 0.3 is 0 Å². The number of anilines is 1. The molecule has 1 amide bonds. The molecule has 0 heterocycles. The van der Waals surface area contributed by atoms with Gasteiger partial charge in [-0.05, 0) is 63.3 Å². The van der Waals surface area contributed by atoms with Crippen molar-refractivity contribution in [1.82, 2.24) is 5.32 Å². The molecule has 0 radical (unpaired) electrons. The van der Waals surface area contributed by atoms with Gasteiger partial charge in [-0.15, -0.1) is 0 Å². The Morgan fingerprint density at radius 2 is 2.17 bits per heavy atom. The molecule has 1 aromatic carbocycles. The molecule has 1 aliphatic rings. The Morgan fingerprint density at radius 1 is 1.38 bits per heavy atom. The van der Waals surface area contributed by atoms with E-state index in [9.17, 15) is 14.3 Å². The van der Waals surface area contributed by atoms with Crippen LogP contribution < -0.4 is 10.6 Å². The number of amides is 1. The first kappa shape index (κ1) is 18.9. The molecule has 3 N–H and O–H groups in total. The lowest BCUT2D eigenvalue weighted by Gasteiger charge is -2.27. The highest BCUT2D eigenvalue weighted by atomic mass is 19.1. The zero-order chi connectivity index (χ0) is 17.4. The molecule has 0 bridgehead atoms. The molecule has 3 atom stereocenters. The van der Waals surface area contributed by atoms with Crippen LogP contribution >= 0.6 is 0 Å². The minimum Gasteiger partial charge on any atom is -0.393 e. The van der Waals surface area contributed by atoms with Crippen LogP contribution in [0.5, 0.6) is 0 Å². The van der Waals surface area contributed by atoms with Gasteiger partial charge in [-0.25, -0.2) is 4.39 Å². The summed E-state index contributed by atoms with van der Waals surface area (Å²) in [6, 6.07) is 5.98. The second kappa shape index (κ2) is 9.74. The van der Waals surface area contributed by atoms with Crippen molar-refractivity contribution >= 4 is 11.6 Å². The average Bonchev–Trinajstić information content (AvgIpc) is 2.53. The van der Waals surface area contributed by atoms with E-state index < -0.39 is 0 Å². The fourth-order valence-corrected chi connectivity index (χ4v) is 3.37. The summed E-state index contributed by atoms with van der Waals surface area (Å²) in [7, 11) is 0. The van der Waals surface area contributed by atoms with Gasteiger partial charge in [0.2, 0.25) is 5.91 Å². The van der Waals surface area contributed by atoms with Crippen LogP contribution in [-0.2, 0) is 4.79 Å². The van der Waals surface area contributed by atoms with Gasteiger partial charge < -0.3 is 15.7 Å². The Kier molecular flexibility index (Phi) is 7.66. The maximum Gasteiger partial charge on any atom is 0.225 e. The molecular weight excluding hydrogens is 307 g/mol. The minimum atomic E-state index is -0.358. The van der Waals surface area contributed by atoms with Crippen LogP contribution in [-0.4, -0.2) is 29.7 Å². The molecule has 1 aliphatic carbocycles. The molecule has 0 aromatic heterocycles. The van der Waals surface area contributed by atoms with Crippen LogP contribution in [0.3, 0.4) is 0 Å². The lowest BCUT2D eigenvalue weighted by molar-refractivity contribution is -0.116. The van der Waals surface area contributed by atoms with Crippen LogP contribution in [0.25, 0.3) is 0 Å². The molecular formula is C19H29FN2O2. The van der Waals surface area contributed by atoms with Gasteiger partial charge in [0, 0.05) is 18.2 Å². The van der Waals surface area contributed by atoms with E-state index in [2.05, 4.69) is 10.6 Å². The Balaban J connectivity index is 1.60. The molecule has 1 aromatic rings. The lowest BCUT2D eigenvalue weighted by atomic mass is 9.83. The third-order valence-corrected chi connectivity index (χ3v) is 4.71. The SMILES string of the molecule is CC(CC(=O)Nc1cccc(F)c1)NCCCC1CCCCC1O. The lowest BCUT2D eigenvalue weighted by Crippen LogP contribution is -2.32. The topological polar surface area (TPSA) is 61.4 Å². The van der Waals surface area contributed by atoms with E-state index >= 15 is 0 Å². The molecule has 4 nitrogen and oxygen atoms in total. The largest absolute Gasteiger partial charge is 0.393 e. The van der Waals surface area contributed by atoms with Crippen molar-refractivity contribution in [2.45, 2.75) is 64.0 Å². The van der Waals surface area contributed by atoms with Crippen molar-refractivity contribution < 1.29 is 14.3 Å². The summed E-state index contributed by atoms with van der Waals surface area (Å²) in [6.45, 7) is 2.82. The monoisotopic (exact) mass is 336 g/mol. The molecule has 134 valence electrons. The predicted octanol–water partition coefficient (Wildman–Crippen LogP) is 3.46. The molecule has 0 spiro atoms. The van der Waals surface area contributed by atoms with E-state index in [0.717, 1.165) is 38.6 Å². The zero-order valence-electron chi connectivity index (χ0n) is 14.4. The number of carbonyl (C=O) groups is 1. The molecule has 5 heteroatoms. The molecule has 1 fully saturated rings. The molecule has 24 heavy (non-hydrogen) atoms. The van der Waals surface area contributed by atoms with Crippen molar-refractivity contribution in [1.29, 1.82) is 0 Å². The first-order chi connectivity index (χ1) is 11.5. The number of halogens is 1. The van der Waals surface area contributed by atoms with E-state index in [1.165, 1.54) is 18.6 Å². The van der Waals surface area contributed by atoms with Crippen molar-refractivity contribution in [3.8, 4) is 0 Å². The summed E-state index contributed by atoms with van der Waals surface area (Å²) in [4.78, 5) is 12.0. The van der Waals surface area contributed by atoms with Gasteiger partial charge in [0.25, 0.3) is 0 Å². The smallest absolute Gasteiger partial charge is 0.225 e. The van der Waals surface area contributed by atoms with Gasteiger partial charge in [-0.1, -0.05) is 18.9 Å². The summed E-state index contributed by atoms with van der Waals surface area (Å²) >= 11 is 0. The Bertz CT molecular complexity index is 524. The normalized spacial score (nSPS) is 22.1. The fourth-order valence-electron chi connectivity index (χ4n) is 3.37. The van der Waals surface area contributed by atoms with Gasteiger partial charge in [0.1, 0.15) is 5.82 Å². The second-order valence-corrected chi connectivity index (χ2v) is 6.87. The predicted molar refractivity (Wildman–Crippen MR) is 94.3 cm³/mol. The Labute approximate surface area is 143 Å². The Morgan fingerprint density at radius 3 is 2.92 bits per heavy atom. The van der Waals surface area contributed by atoms with Crippen LogP contribution in [0.2, 0.25) is 0 Å². The number of hydrogen-bond acceptors (Lipinski definition) is 3. The number of nitrogens with one attached hydrogen (secondary N) is 2. The van der Waals surface area contributed by atoms with E-state index in [-0.39, 0.29) is 23.9 Å². The van der Waals surface area contributed by atoms with Crippen LogP contribution in [0.15, 0.2) is 24.3 Å². The van der Waals surface area contributed by atoms with Crippen molar-refractivity contribution in [3.63, 3.8) is 0 Å². The molecule has 2 rings (SSSR count). The van der Waals surface area contributed by atoms with E-state index in [0.29, 0.717) is 18.0 Å². The fraction of sp³-hybridized carbons (Fsp3) is 0.632. The van der Waals surface area contributed by atoms with Gasteiger partial charge in [0.05, 0.1) is 6.10 Å². The van der Waals surface area contributed by atoms with Crippen molar-refractivity contribution in [3.05, 3.63) is 30.1 Å². The number of hydrogen-bond donors (Lipinski definition) is 3. The van der Waals surface area contributed by atoms with Crippen LogP contribution in [0.4, 0.5) is 10.1 Å². The number of aliphatic hydroxyl groups is 1. The highest BCUT2D eigenvalue weighted by Gasteiger charge is 2.22. The Hall–Kier alpha value is -1.46. The summed E-state index contributed by atoms with van der Waals surface area (Å²) in [5, 5.41) is 16.0. The summed E-state index contributed by atoms with van der Waals surface area (Å²) in [5.74, 6) is -0.0423. The standard InChI is InChI=1S/C19H29FN2O2/c1-14(12-19(24)22-17-9-4-8-16(20)13-17)21-11-5-7-15-6-2-3-10-18(15)23/h4,8-9,13-15,18,21,23H,2-3,5-7,10-12H2,1H3,(H,22,24). The van der Waals surface area contributed by atoms with E-state index in [1.54, 1.807) is 12.1 Å². The first-order valence-electron chi connectivity index (χ1n) is 9.01. The first-order valence-corrected chi connectivity index (χ1v) is 9.01. The molecule has 0 saturated heterocycles. The average molecular weight is 336 g/mol. The highest BCUT2D eigenvalue weighted by Crippen LogP contribution is 2.27. The number of carbonyl (C=O) groups excluding carboxylic acids is 1. The van der Waals surface area contributed by atoms with E-state index in [4.69, 9.17) is 0 Å². The van der Waals surface area contributed by atoms with Gasteiger partial charge in [-0.3, -0.25) is 4.79 Å². The maximum absolute atomic E-state index is 13.1. The third-order valence-electron chi connectivity index (χ3n) is 4.71. The van der Waals surface area contributed by atoms with E-state index in [1.807, 2.05) is 6.92 Å². The van der Waals surface area contributed by atoms with Crippen molar-refractivity contribution in [2.24, 2.45) is 5.92 Å². The summed E-state index contributed by atoms with van der Waals surface area (Å²) < 4.78 is 13.1. The van der Waals surface area contributed by atoms with Gasteiger partial charge in [-0.2, -0.15) is 0 Å². The number of aliphatic hydroxyl groups excluding tert-OH is 1. The second-order valence-electron chi connectivity index (χ2n) is 6.87. The highest BCUT2D eigenvalue weighted by molar-refractivity contribution is 5.91. The summed E-state index contributed by atoms with van der Waals surface area (Å²) in [5.41, 5.74) is 0.485. The number of rotatable bonds is 8. The molecule has 1 saturated carbocycles. The van der Waals surface area contributed by atoms with Crippen molar-refractivity contribution in [2.75, 3.05) is 11.9 Å². The van der Waals surface area contributed by atoms with Crippen LogP contribution in [0.1, 0.15) is 51.9 Å². The summed E-state index contributed by atoms with van der Waals surface area (Å²) in [6.07, 6.45) is 6.71.